The van der Waals surface area contributed by atoms with Crippen molar-refractivity contribution >= 4 is 11.3 Å². The maximum Gasteiger partial charge on any atom is 0.573 e. The molecular weight excluding hydrogens is 277 g/mol. The van der Waals surface area contributed by atoms with Gasteiger partial charge in [0.25, 0.3) is 0 Å². The zero-order valence-corrected chi connectivity index (χ0v) is 10.8. The molecule has 0 aliphatic heterocycles. The predicted octanol–water partition coefficient (Wildman–Crippen LogP) is 4.58. The number of hydrogen-bond acceptors (Lipinski definition) is 3. The van der Waals surface area contributed by atoms with Crippen LogP contribution in [0.2, 0.25) is 0 Å². The standard InChI is InChI=1S/C13H11F3O2S/c1-2-8-3-12(19-7-8)9-4-10(17)6-11(5-9)18-13(14,15)16/h3-7,17H,2H2,1H3. The number of ether oxygens (including phenoxy) is 1. The molecule has 0 saturated carbocycles. The molecule has 6 heteroatoms. The molecule has 0 aliphatic carbocycles. The maximum absolute atomic E-state index is 12.2. The molecule has 102 valence electrons. The Labute approximate surface area is 112 Å². The molecule has 0 unspecified atom stereocenters. The molecule has 1 aromatic heterocycles. The molecule has 0 amide bonds. The third kappa shape index (κ3) is 3.64. The Hall–Kier alpha value is -1.69. The van der Waals surface area contributed by atoms with Crippen molar-refractivity contribution in [2.24, 2.45) is 0 Å². The van der Waals surface area contributed by atoms with E-state index in [2.05, 4.69) is 4.74 Å². The monoisotopic (exact) mass is 288 g/mol. The largest absolute Gasteiger partial charge is 0.573 e. The van der Waals surface area contributed by atoms with Crippen LogP contribution in [0.5, 0.6) is 11.5 Å². The van der Waals surface area contributed by atoms with Crippen molar-refractivity contribution in [1.29, 1.82) is 0 Å². The van der Waals surface area contributed by atoms with Gasteiger partial charge in [0.05, 0.1) is 0 Å². The van der Waals surface area contributed by atoms with Crippen LogP contribution in [0.15, 0.2) is 29.6 Å². The molecule has 2 aromatic rings. The van der Waals surface area contributed by atoms with Crippen LogP contribution in [0.4, 0.5) is 13.2 Å². The van der Waals surface area contributed by atoms with Crippen LogP contribution < -0.4 is 4.74 Å². The first-order chi connectivity index (χ1) is 8.87. The van der Waals surface area contributed by atoms with E-state index in [4.69, 9.17) is 0 Å². The third-order valence-corrected chi connectivity index (χ3v) is 3.50. The minimum Gasteiger partial charge on any atom is -0.508 e. The van der Waals surface area contributed by atoms with Crippen molar-refractivity contribution in [3.05, 3.63) is 35.2 Å². The van der Waals surface area contributed by atoms with Crippen molar-refractivity contribution in [2.45, 2.75) is 19.7 Å². The van der Waals surface area contributed by atoms with E-state index in [0.717, 1.165) is 22.9 Å². The van der Waals surface area contributed by atoms with Crippen LogP contribution in [0.1, 0.15) is 12.5 Å². The van der Waals surface area contributed by atoms with Crippen LogP contribution in [-0.4, -0.2) is 11.5 Å². The van der Waals surface area contributed by atoms with Crippen LogP contribution >= 0.6 is 11.3 Å². The van der Waals surface area contributed by atoms with Crippen molar-refractivity contribution in [2.75, 3.05) is 0 Å². The highest BCUT2D eigenvalue weighted by Gasteiger charge is 2.31. The second-order valence-corrected chi connectivity index (χ2v) is 4.85. The van der Waals surface area contributed by atoms with Crippen LogP contribution in [0, 0.1) is 0 Å². The first kappa shape index (κ1) is 13.7. The minimum atomic E-state index is -4.77. The Morgan fingerprint density at radius 1 is 1.21 bits per heavy atom. The van der Waals surface area contributed by atoms with Crippen molar-refractivity contribution < 1.29 is 23.0 Å². The maximum atomic E-state index is 12.2. The first-order valence-electron chi connectivity index (χ1n) is 5.55. The number of rotatable bonds is 3. The summed E-state index contributed by atoms with van der Waals surface area (Å²) < 4.78 is 40.3. The molecule has 0 bridgehead atoms. The fourth-order valence-corrected chi connectivity index (χ4v) is 2.62. The second-order valence-electron chi connectivity index (χ2n) is 3.94. The van der Waals surface area contributed by atoms with Gasteiger partial charge in [-0.15, -0.1) is 24.5 Å². The summed E-state index contributed by atoms with van der Waals surface area (Å²) in [6.45, 7) is 1.99. The van der Waals surface area contributed by atoms with Gasteiger partial charge in [0.15, 0.2) is 0 Å². The summed E-state index contributed by atoms with van der Waals surface area (Å²) >= 11 is 1.41. The predicted molar refractivity (Wildman–Crippen MR) is 67.5 cm³/mol. The summed E-state index contributed by atoms with van der Waals surface area (Å²) in [5.74, 6) is -0.683. The van der Waals surface area contributed by atoms with Gasteiger partial charge in [0, 0.05) is 10.9 Å². The second kappa shape index (κ2) is 5.13. The van der Waals surface area contributed by atoms with E-state index in [0.29, 0.717) is 5.56 Å². The fraction of sp³-hybridized carbons (Fsp3) is 0.231. The van der Waals surface area contributed by atoms with Gasteiger partial charge in [-0.25, -0.2) is 0 Å². The SMILES string of the molecule is CCc1csc(-c2cc(O)cc(OC(F)(F)F)c2)c1. The molecule has 0 saturated heterocycles. The van der Waals surface area contributed by atoms with E-state index >= 15 is 0 Å². The number of thiophene rings is 1. The molecule has 2 nitrogen and oxygen atoms in total. The molecule has 0 atom stereocenters. The average Bonchev–Trinajstić information content (AvgIpc) is 2.74. The van der Waals surface area contributed by atoms with Crippen molar-refractivity contribution in [3.8, 4) is 21.9 Å². The van der Waals surface area contributed by atoms with Gasteiger partial charge in [-0.1, -0.05) is 6.92 Å². The Kier molecular flexibility index (Phi) is 3.71. The Balaban J connectivity index is 2.35. The van der Waals surface area contributed by atoms with Gasteiger partial charge < -0.3 is 9.84 Å². The summed E-state index contributed by atoms with van der Waals surface area (Å²) in [5, 5.41) is 11.4. The number of hydrogen-bond donors (Lipinski definition) is 1. The van der Waals surface area contributed by atoms with E-state index in [1.165, 1.54) is 23.5 Å². The molecule has 0 radical (unpaired) electrons. The topological polar surface area (TPSA) is 29.5 Å². The van der Waals surface area contributed by atoms with Gasteiger partial charge in [-0.05, 0) is 41.1 Å². The van der Waals surface area contributed by atoms with E-state index < -0.39 is 12.1 Å². The van der Waals surface area contributed by atoms with Gasteiger partial charge in [0.2, 0.25) is 0 Å². The minimum absolute atomic E-state index is 0.261. The van der Waals surface area contributed by atoms with Gasteiger partial charge in [-0.3, -0.25) is 0 Å². The molecule has 1 heterocycles. The van der Waals surface area contributed by atoms with Crippen LogP contribution in [0.3, 0.4) is 0 Å². The molecule has 0 spiro atoms. The van der Waals surface area contributed by atoms with Crippen LogP contribution in [-0.2, 0) is 6.42 Å². The summed E-state index contributed by atoms with van der Waals surface area (Å²) in [6.07, 6.45) is -3.92. The van der Waals surface area contributed by atoms with E-state index in [-0.39, 0.29) is 5.75 Å². The summed E-state index contributed by atoms with van der Waals surface area (Å²) in [5.41, 5.74) is 1.60. The lowest BCUT2D eigenvalue weighted by Gasteiger charge is -2.10. The lowest BCUT2D eigenvalue weighted by atomic mass is 10.1. The zero-order chi connectivity index (χ0) is 14.0. The summed E-state index contributed by atoms with van der Waals surface area (Å²) in [6, 6.07) is 5.50. The quantitative estimate of drug-likeness (QED) is 0.895. The Morgan fingerprint density at radius 3 is 2.53 bits per heavy atom. The molecule has 0 aliphatic rings. The Morgan fingerprint density at radius 2 is 1.95 bits per heavy atom. The third-order valence-electron chi connectivity index (χ3n) is 2.47. The van der Waals surface area contributed by atoms with E-state index in [9.17, 15) is 18.3 Å². The molecular formula is C13H11F3O2S. The smallest absolute Gasteiger partial charge is 0.508 e. The van der Waals surface area contributed by atoms with E-state index in [1.807, 2.05) is 18.4 Å². The number of phenols is 1. The molecule has 0 fully saturated rings. The van der Waals surface area contributed by atoms with Crippen molar-refractivity contribution in [1.82, 2.24) is 0 Å². The summed E-state index contributed by atoms with van der Waals surface area (Å²) in [7, 11) is 0. The Bertz CT molecular complexity index is 576. The normalized spacial score (nSPS) is 11.6. The van der Waals surface area contributed by atoms with Gasteiger partial charge in [0.1, 0.15) is 11.5 Å². The summed E-state index contributed by atoms with van der Waals surface area (Å²) in [4.78, 5) is 0.791. The lowest BCUT2D eigenvalue weighted by molar-refractivity contribution is -0.274. The fourth-order valence-electron chi connectivity index (χ4n) is 1.63. The number of halogens is 3. The number of aryl methyl sites for hydroxylation is 1. The number of alkyl halides is 3. The highest BCUT2D eigenvalue weighted by molar-refractivity contribution is 7.13. The van der Waals surface area contributed by atoms with Crippen LogP contribution in [0.25, 0.3) is 10.4 Å². The molecule has 2 rings (SSSR count). The number of benzene rings is 1. The van der Waals surface area contributed by atoms with Gasteiger partial charge >= 0.3 is 6.36 Å². The van der Waals surface area contributed by atoms with Gasteiger partial charge in [-0.2, -0.15) is 0 Å². The average molecular weight is 288 g/mol. The highest BCUT2D eigenvalue weighted by Crippen LogP contribution is 2.35. The highest BCUT2D eigenvalue weighted by atomic mass is 32.1. The lowest BCUT2D eigenvalue weighted by Crippen LogP contribution is -2.17. The molecule has 19 heavy (non-hydrogen) atoms. The molecule has 1 aromatic carbocycles. The zero-order valence-electron chi connectivity index (χ0n) is 9.99. The number of phenolic OH excluding ortho intramolecular Hbond substituents is 1. The molecule has 1 N–H and O–H groups in total. The first-order valence-corrected chi connectivity index (χ1v) is 6.43. The van der Waals surface area contributed by atoms with Crippen molar-refractivity contribution in [3.63, 3.8) is 0 Å². The van der Waals surface area contributed by atoms with E-state index in [1.54, 1.807) is 0 Å². The number of aromatic hydroxyl groups is 1.